The molecular formula is C21H25N7O3S2. The number of carbonyl (C=O) groups excluding carboxylic acids is 1. The Kier molecular flexibility index (Phi) is 7.23. The van der Waals surface area contributed by atoms with Crippen molar-refractivity contribution in [1.82, 2.24) is 25.1 Å². The van der Waals surface area contributed by atoms with Crippen molar-refractivity contribution in [3.8, 4) is 0 Å². The Labute approximate surface area is 196 Å². The number of carbonyl (C=O) groups is 1. The van der Waals surface area contributed by atoms with Gasteiger partial charge in [-0.05, 0) is 43.2 Å². The molecule has 0 spiro atoms. The van der Waals surface area contributed by atoms with E-state index < -0.39 is 15.3 Å². The molecule has 1 aliphatic rings. The standard InChI is InChI=1S/C21H25N7O3S2/c1-14(32-21-25-18(26-27-21)13-15-5-2-3-6-15)19(29)24-16-7-9-17(10-8-16)33(30,31)28-20-22-11-4-12-23-20/h4,7-12,14-15H,2-3,5-6,13H2,1H3,(H,24,29)(H,22,23,28)(H,25,26,27). The van der Waals surface area contributed by atoms with Gasteiger partial charge in [-0.25, -0.2) is 28.1 Å². The van der Waals surface area contributed by atoms with E-state index in [0.29, 0.717) is 16.8 Å². The molecule has 1 amide bonds. The molecule has 1 atom stereocenters. The van der Waals surface area contributed by atoms with Gasteiger partial charge < -0.3 is 5.32 Å². The number of sulfonamides is 1. The molecule has 2 heterocycles. The predicted molar refractivity (Wildman–Crippen MR) is 125 cm³/mol. The Bertz CT molecular complexity index is 1180. The Morgan fingerprint density at radius 1 is 1.18 bits per heavy atom. The molecule has 1 fully saturated rings. The first kappa shape index (κ1) is 23.2. The molecule has 12 heteroatoms. The first-order valence-electron chi connectivity index (χ1n) is 10.7. The van der Waals surface area contributed by atoms with Crippen LogP contribution in [0.2, 0.25) is 0 Å². The minimum absolute atomic E-state index is 0.0147. The minimum Gasteiger partial charge on any atom is -0.325 e. The molecule has 10 nitrogen and oxygen atoms in total. The molecule has 3 aromatic rings. The number of aromatic nitrogens is 5. The summed E-state index contributed by atoms with van der Waals surface area (Å²) in [5.41, 5.74) is 0.485. The van der Waals surface area contributed by atoms with Gasteiger partial charge in [0, 0.05) is 24.5 Å². The number of anilines is 2. The summed E-state index contributed by atoms with van der Waals surface area (Å²) in [5, 5.41) is 10.1. The third-order valence-corrected chi connectivity index (χ3v) is 7.65. The smallest absolute Gasteiger partial charge is 0.264 e. The van der Waals surface area contributed by atoms with E-state index in [1.165, 1.54) is 74.1 Å². The molecule has 0 bridgehead atoms. The lowest BCUT2D eigenvalue weighted by molar-refractivity contribution is -0.115. The number of benzene rings is 1. The second-order valence-electron chi connectivity index (χ2n) is 7.87. The molecule has 2 aromatic heterocycles. The molecule has 0 saturated heterocycles. The van der Waals surface area contributed by atoms with Crippen molar-refractivity contribution < 1.29 is 13.2 Å². The van der Waals surface area contributed by atoms with Crippen LogP contribution in [0.25, 0.3) is 0 Å². The van der Waals surface area contributed by atoms with E-state index in [4.69, 9.17) is 0 Å². The molecule has 0 aliphatic heterocycles. The lowest BCUT2D eigenvalue weighted by Crippen LogP contribution is -2.22. The van der Waals surface area contributed by atoms with Crippen molar-refractivity contribution >= 4 is 39.3 Å². The van der Waals surface area contributed by atoms with Crippen LogP contribution in [0.1, 0.15) is 38.4 Å². The van der Waals surface area contributed by atoms with E-state index in [0.717, 1.165) is 12.2 Å². The topological polar surface area (TPSA) is 143 Å². The summed E-state index contributed by atoms with van der Waals surface area (Å²) >= 11 is 1.27. The number of nitrogens with zero attached hydrogens (tertiary/aromatic N) is 4. The summed E-state index contributed by atoms with van der Waals surface area (Å²) < 4.78 is 27.2. The number of amides is 1. The minimum atomic E-state index is -3.83. The van der Waals surface area contributed by atoms with Crippen molar-refractivity contribution in [2.24, 2.45) is 5.92 Å². The number of thioether (sulfide) groups is 1. The molecule has 174 valence electrons. The van der Waals surface area contributed by atoms with Gasteiger partial charge >= 0.3 is 0 Å². The van der Waals surface area contributed by atoms with Crippen LogP contribution in [0.5, 0.6) is 0 Å². The monoisotopic (exact) mass is 487 g/mol. The van der Waals surface area contributed by atoms with Crippen LogP contribution in [0.15, 0.2) is 52.8 Å². The second-order valence-corrected chi connectivity index (χ2v) is 10.9. The SMILES string of the molecule is CC(Sc1n[nH]c(CC2CCCC2)n1)C(=O)Nc1ccc(S(=O)(=O)Nc2ncccn2)cc1. The fourth-order valence-corrected chi connectivity index (χ4v) is 5.32. The fraction of sp³-hybridized carbons (Fsp3) is 0.381. The summed E-state index contributed by atoms with van der Waals surface area (Å²) in [5.74, 6) is 1.29. The van der Waals surface area contributed by atoms with E-state index in [1.54, 1.807) is 13.0 Å². The van der Waals surface area contributed by atoms with Gasteiger partial charge in [0.1, 0.15) is 5.82 Å². The van der Waals surface area contributed by atoms with Crippen LogP contribution in [0.3, 0.4) is 0 Å². The maximum absolute atomic E-state index is 12.6. The molecule has 33 heavy (non-hydrogen) atoms. The van der Waals surface area contributed by atoms with E-state index in [-0.39, 0.29) is 16.8 Å². The predicted octanol–water partition coefficient (Wildman–Crippen LogP) is 3.25. The Balaban J connectivity index is 1.31. The molecule has 1 unspecified atom stereocenters. The van der Waals surface area contributed by atoms with Gasteiger partial charge in [-0.3, -0.25) is 9.89 Å². The average Bonchev–Trinajstić information content (AvgIpc) is 3.47. The molecule has 1 aromatic carbocycles. The fourth-order valence-electron chi connectivity index (χ4n) is 3.61. The van der Waals surface area contributed by atoms with Crippen LogP contribution < -0.4 is 10.0 Å². The second kappa shape index (κ2) is 10.3. The molecule has 1 saturated carbocycles. The van der Waals surface area contributed by atoms with Crippen LogP contribution in [-0.2, 0) is 21.2 Å². The normalized spacial score (nSPS) is 15.3. The van der Waals surface area contributed by atoms with Gasteiger partial charge in [0.05, 0.1) is 10.1 Å². The summed E-state index contributed by atoms with van der Waals surface area (Å²) in [6.45, 7) is 1.77. The lowest BCUT2D eigenvalue weighted by Gasteiger charge is -2.11. The first-order valence-corrected chi connectivity index (χ1v) is 13.0. The van der Waals surface area contributed by atoms with Gasteiger partial charge in [0.15, 0.2) is 0 Å². The molecule has 4 rings (SSSR count). The van der Waals surface area contributed by atoms with Crippen molar-refractivity contribution in [2.75, 3.05) is 10.0 Å². The van der Waals surface area contributed by atoms with Gasteiger partial charge in [-0.2, -0.15) is 0 Å². The molecule has 0 radical (unpaired) electrons. The van der Waals surface area contributed by atoms with Gasteiger partial charge in [0.2, 0.25) is 17.0 Å². The van der Waals surface area contributed by atoms with Gasteiger partial charge in [-0.1, -0.05) is 37.4 Å². The molecule has 1 aliphatic carbocycles. The Morgan fingerprint density at radius 2 is 1.88 bits per heavy atom. The highest BCUT2D eigenvalue weighted by molar-refractivity contribution is 8.00. The van der Waals surface area contributed by atoms with E-state index >= 15 is 0 Å². The molecular weight excluding hydrogens is 462 g/mol. The number of nitrogens with one attached hydrogen (secondary N) is 3. The third-order valence-electron chi connectivity index (χ3n) is 5.34. The van der Waals surface area contributed by atoms with Crippen molar-refractivity contribution in [3.63, 3.8) is 0 Å². The average molecular weight is 488 g/mol. The van der Waals surface area contributed by atoms with Crippen LogP contribution in [-0.4, -0.2) is 44.7 Å². The number of H-pyrrole nitrogens is 1. The summed E-state index contributed by atoms with van der Waals surface area (Å²) in [4.78, 5) is 24.8. The van der Waals surface area contributed by atoms with Crippen LogP contribution in [0.4, 0.5) is 11.6 Å². The Morgan fingerprint density at radius 3 is 2.58 bits per heavy atom. The number of hydrogen-bond donors (Lipinski definition) is 3. The highest BCUT2D eigenvalue weighted by Crippen LogP contribution is 2.28. The third kappa shape index (κ3) is 6.29. The Hall–Kier alpha value is -2.99. The summed E-state index contributed by atoms with van der Waals surface area (Å²) in [7, 11) is -3.83. The van der Waals surface area contributed by atoms with Crippen molar-refractivity contribution in [3.05, 3.63) is 48.5 Å². The maximum atomic E-state index is 12.6. The zero-order valence-corrected chi connectivity index (χ0v) is 19.7. The zero-order valence-electron chi connectivity index (χ0n) is 18.1. The first-order chi connectivity index (χ1) is 15.9. The highest BCUT2D eigenvalue weighted by atomic mass is 32.2. The van der Waals surface area contributed by atoms with Crippen LogP contribution in [0, 0.1) is 5.92 Å². The van der Waals surface area contributed by atoms with E-state index in [1.807, 2.05) is 0 Å². The van der Waals surface area contributed by atoms with Crippen LogP contribution >= 0.6 is 11.8 Å². The number of aromatic amines is 1. The van der Waals surface area contributed by atoms with E-state index in [9.17, 15) is 13.2 Å². The highest BCUT2D eigenvalue weighted by Gasteiger charge is 2.21. The lowest BCUT2D eigenvalue weighted by atomic mass is 10.0. The van der Waals surface area contributed by atoms with Crippen molar-refractivity contribution in [1.29, 1.82) is 0 Å². The molecule has 3 N–H and O–H groups in total. The van der Waals surface area contributed by atoms with Gasteiger partial charge in [0.25, 0.3) is 10.0 Å². The zero-order chi connectivity index (χ0) is 23.3. The van der Waals surface area contributed by atoms with Gasteiger partial charge in [-0.15, -0.1) is 5.10 Å². The maximum Gasteiger partial charge on any atom is 0.264 e. The summed E-state index contributed by atoms with van der Waals surface area (Å²) in [6.07, 6.45) is 8.81. The number of rotatable bonds is 9. The quantitative estimate of drug-likeness (QED) is 0.390. The largest absolute Gasteiger partial charge is 0.325 e. The van der Waals surface area contributed by atoms with Crippen molar-refractivity contribution in [2.45, 2.75) is 54.3 Å². The number of hydrogen-bond acceptors (Lipinski definition) is 8. The van der Waals surface area contributed by atoms with E-state index in [2.05, 4.69) is 35.2 Å². The summed E-state index contributed by atoms with van der Waals surface area (Å²) in [6, 6.07) is 7.46.